The fourth-order valence-electron chi connectivity index (χ4n) is 3.28. The molecule has 2 aliphatic heterocycles. The van der Waals surface area contributed by atoms with E-state index in [0.717, 1.165) is 24.7 Å². The summed E-state index contributed by atoms with van der Waals surface area (Å²) in [6.07, 6.45) is 3.80. The van der Waals surface area contributed by atoms with Crippen molar-refractivity contribution in [3.05, 3.63) is 29.3 Å². The summed E-state index contributed by atoms with van der Waals surface area (Å²) < 4.78 is 39.2. The van der Waals surface area contributed by atoms with Gasteiger partial charge in [-0.25, -0.2) is 8.78 Å². The number of thioether (sulfide) groups is 1. The van der Waals surface area contributed by atoms with Gasteiger partial charge in [0.2, 0.25) is 0 Å². The van der Waals surface area contributed by atoms with Gasteiger partial charge >= 0.3 is 0 Å². The van der Waals surface area contributed by atoms with Crippen LogP contribution >= 0.6 is 11.8 Å². The third-order valence-corrected chi connectivity index (χ3v) is 4.89. The van der Waals surface area contributed by atoms with Crippen LogP contribution in [0.5, 0.6) is 5.75 Å². The van der Waals surface area contributed by atoms with Crippen LogP contribution in [0.3, 0.4) is 0 Å². The van der Waals surface area contributed by atoms with Crippen molar-refractivity contribution >= 4 is 11.8 Å². The molecule has 1 aromatic carbocycles. The van der Waals surface area contributed by atoms with Gasteiger partial charge in [0.1, 0.15) is 5.82 Å². The van der Waals surface area contributed by atoms with Crippen LogP contribution in [0.1, 0.15) is 24.3 Å². The number of halogens is 2. The van der Waals surface area contributed by atoms with Crippen LogP contribution in [0.25, 0.3) is 0 Å². The summed E-state index contributed by atoms with van der Waals surface area (Å²) in [6, 6.07) is 2.34. The van der Waals surface area contributed by atoms with Gasteiger partial charge in [0.15, 0.2) is 11.6 Å². The quantitative estimate of drug-likeness (QED) is 0.850. The van der Waals surface area contributed by atoms with Crippen LogP contribution in [0.4, 0.5) is 8.78 Å². The topological polar surface area (TPSA) is 18.5 Å². The molecule has 0 radical (unpaired) electrons. The van der Waals surface area contributed by atoms with Crippen molar-refractivity contribution in [1.82, 2.24) is 0 Å². The lowest BCUT2D eigenvalue weighted by molar-refractivity contribution is -0.0612. The number of hydrogen-bond acceptors (Lipinski definition) is 3. The molecule has 0 N–H and O–H groups in total. The van der Waals surface area contributed by atoms with Gasteiger partial charge in [-0.15, -0.1) is 0 Å². The summed E-state index contributed by atoms with van der Waals surface area (Å²) in [6.45, 7) is 1.02. The average molecular weight is 300 g/mol. The fraction of sp³-hybridized carbons (Fsp3) is 0.600. The first-order valence-electron chi connectivity index (χ1n) is 6.93. The summed E-state index contributed by atoms with van der Waals surface area (Å²) in [4.78, 5) is 0. The molecule has 1 aromatic rings. The molecule has 1 saturated heterocycles. The monoisotopic (exact) mass is 300 g/mol. The first kappa shape index (κ1) is 14.1. The zero-order valence-electron chi connectivity index (χ0n) is 11.4. The van der Waals surface area contributed by atoms with E-state index >= 15 is 0 Å². The Balaban J connectivity index is 1.91. The molecular weight excluding hydrogens is 282 g/mol. The van der Waals surface area contributed by atoms with Crippen molar-refractivity contribution < 1.29 is 18.3 Å². The van der Waals surface area contributed by atoms with E-state index in [1.807, 2.05) is 0 Å². The van der Waals surface area contributed by atoms with Crippen LogP contribution in [-0.2, 0) is 4.74 Å². The van der Waals surface area contributed by atoms with Crippen molar-refractivity contribution in [1.29, 1.82) is 0 Å². The van der Waals surface area contributed by atoms with Crippen molar-refractivity contribution in [2.45, 2.75) is 24.9 Å². The van der Waals surface area contributed by atoms with Gasteiger partial charge in [-0.2, -0.15) is 11.8 Å². The molecule has 3 rings (SSSR count). The minimum absolute atomic E-state index is 0.00931. The Hall–Kier alpha value is -0.810. The van der Waals surface area contributed by atoms with E-state index in [1.165, 1.54) is 6.07 Å². The fourth-order valence-corrected chi connectivity index (χ4v) is 3.75. The summed E-state index contributed by atoms with van der Waals surface area (Å²) in [7, 11) is 0. The molecule has 110 valence electrons. The highest BCUT2D eigenvalue weighted by molar-refractivity contribution is 7.98. The largest absolute Gasteiger partial charge is 0.490 e. The van der Waals surface area contributed by atoms with Gasteiger partial charge in [0.25, 0.3) is 0 Å². The Kier molecular flexibility index (Phi) is 4.17. The summed E-state index contributed by atoms with van der Waals surface area (Å²) in [5.41, 5.74) is 0.415. The second-order valence-corrected chi connectivity index (χ2v) is 6.32. The molecule has 0 bridgehead atoms. The smallest absolute Gasteiger partial charge is 0.165 e. The SMILES string of the molecule is CSCC[C@@H]1OCCC2c3c(F)ccc(F)c3OCC21. The Bertz CT molecular complexity index is 495. The second kappa shape index (κ2) is 5.90. The zero-order chi connectivity index (χ0) is 14.1. The molecule has 2 aliphatic rings. The Morgan fingerprint density at radius 1 is 1.30 bits per heavy atom. The van der Waals surface area contributed by atoms with E-state index in [1.54, 1.807) is 11.8 Å². The van der Waals surface area contributed by atoms with Gasteiger partial charge in [0.05, 0.1) is 12.7 Å². The maximum Gasteiger partial charge on any atom is 0.165 e. The molecule has 0 saturated carbocycles. The number of rotatable bonds is 3. The van der Waals surface area contributed by atoms with E-state index in [-0.39, 0.29) is 29.5 Å². The van der Waals surface area contributed by atoms with E-state index < -0.39 is 5.82 Å². The maximum atomic E-state index is 14.1. The minimum Gasteiger partial charge on any atom is -0.490 e. The van der Waals surface area contributed by atoms with Crippen LogP contribution < -0.4 is 4.74 Å². The highest BCUT2D eigenvalue weighted by atomic mass is 32.2. The summed E-state index contributed by atoms with van der Waals surface area (Å²) >= 11 is 1.77. The average Bonchev–Trinajstić information content (AvgIpc) is 2.48. The van der Waals surface area contributed by atoms with E-state index in [9.17, 15) is 8.78 Å². The van der Waals surface area contributed by atoms with E-state index in [0.29, 0.717) is 18.8 Å². The second-order valence-electron chi connectivity index (χ2n) is 5.33. The summed E-state index contributed by atoms with van der Waals surface area (Å²) in [5.74, 6) is 0.423. The maximum absolute atomic E-state index is 14.1. The molecule has 3 atom stereocenters. The van der Waals surface area contributed by atoms with Crippen molar-refractivity contribution in [2.75, 3.05) is 25.2 Å². The molecule has 0 spiro atoms. The third kappa shape index (κ3) is 2.42. The summed E-state index contributed by atoms with van der Waals surface area (Å²) in [5, 5.41) is 0. The highest BCUT2D eigenvalue weighted by Gasteiger charge is 2.41. The lowest BCUT2D eigenvalue weighted by Crippen LogP contribution is -2.42. The normalized spacial score (nSPS) is 28.4. The van der Waals surface area contributed by atoms with Gasteiger partial charge in [-0.3, -0.25) is 0 Å². The Morgan fingerprint density at radius 3 is 2.90 bits per heavy atom. The first-order valence-corrected chi connectivity index (χ1v) is 8.33. The Morgan fingerprint density at radius 2 is 2.10 bits per heavy atom. The van der Waals surface area contributed by atoms with Crippen molar-refractivity contribution in [3.63, 3.8) is 0 Å². The van der Waals surface area contributed by atoms with Gasteiger partial charge in [-0.05, 0) is 37.0 Å². The number of ether oxygens (including phenoxy) is 2. The van der Waals surface area contributed by atoms with E-state index in [4.69, 9.17) is 9.47 Å². The number of fused-ring (bicyclic) bond motifs is 3. The molecule has 5 heteroatoms. The zero-order valence-corrected chi connectivity index (χ0v) is 12.2. The van der Waals surface area contributed by atoms with Crippen LogP contribution in [0.2, 0.25) is 0 Å². The molecule has 2 nitrogen and oxygen atoms in total. The molecular formula is C15H18F2O2S. The number of hydrogen-bond donors (Lipinski definition) is 0. The lowest BCUT2D eigenvalue weighted by atomic mass is 9.76. The standard InChI is InChI=1S/C15H18F2O2S/c1-20-7-5-13-10-8-19-15-12(17)3-2-11(16)14(15)9(10)4-6-18-13/h2-3,9-10,13H,4-8H2,1H3/t9?,10?,13-/m0/s1. The molecule has 20 heavy (non-hydrogen) atoms. The predicted molar refractivity (Wildman–Crippen MR) is 75.4 cm³/mol. The van der Waals surface area contributed by atoms with Crippen LogP contribution in [0.15, 0.2) is 12.1 Å². The van der Waals surface area contributed by atoms with E-state index in [2.05, 4.69) is 6.26 Å². The minimum atomic E-state index is -0.466. The highest BCUT2D eigenvalue weighted by Crippen LogP contribution is 2.46. The molecule has 2 heterocycles. The van der Waals surface area contributed by atoms with Crippen molar-refractivity contribution in [2.24, 2.45) is 5.92 Å². The number of benzene rings is 1. The molecule has 0 amide bonds. The Labute approximate surface area is 121 Å². The van der Waals surface area contributed by atoms with Crippen molar-refractivity contribution in [3.8, 4) is 5.75 Å². The molecule has 2 unspecified atom stereocenters. The molecule has 0 aliphatic carbocycles. The predicted octanol–water partition coefficient (Wildman–Crippen LogP) is 3.60. The van der Waals surface area contributed by atoms with Gasteiger partial charge < -0.3 is 9.47 Å². The first-order chi connectivity index (χ1) is 9.72. The lowest BCUT2D eigenvalue weighted by Gasteiger charge is -2.42. The molecule has 1 fully saturated rings. The third-order valence-electron chi connectivity index (χ3n) is 4.25. The van der Waals surface area contributed by atoms with Crippen LogP contribution in [-0.4, -0.2) is 31.3 Å². The van der Waals surface area contributed by atoms with Crippen LogP contribution in [0, 0.1) is 17.6 Å². The van der Waals surface area contributed by atoms with Gasteiger partial charge in [-0.1, -0.05) is 0 Å². The molecule has 0 aromatic heterocycles. The van der Waals surface area contributed by atoms with Gasteiger partial charge in [0, 0.05) is 24.0 Å².